The van der Waals surface area contributed by atoms with Gasteiger partial charge in [0.2, 0.25) is 0 Å². The molecular weight excluding hydrogens is 271 g/mol. The number of alkyl halides is 3. The van der Waals surface area contributed by atoms with Gasteiger partial charge in [0.05, 0.1) is 0 Å². The van der Waals surface area contributed by atoms with Gasteiger partial charge in [0.1, 0.15) is 5.75 Å². The maximum Gasteiger partial charge on any atom is 0.573 e. The Morgan fingerprint density at radius 2 is 1.95 bits per heavy atom. The molecule has 1 rings (SSSR count). The van der Waals surface area contributed by atoms with Gasteiger partial charge < -0.3 is 15.4 Å². The summed E-state index contributed by atoms with van der Waals surface area (Å²) >= 11 is 0. The van der Waals surface area contributed by atoms with Crippen molar-refractivity contribution in [3.05, 3.63) is 29.8 Å². The Morgan fingerprint density at radius 1 is 1.30 bits per heavy atom. The largest absolute Gasteiger partial charge is 0.573 e. The van der Waals surface area contributed by atoms with Gasteiger partial charge in [-0.1, -0.05) is 18.2 Å². The van der Waals surface area contributed by atoms with Gasteiger partial charge in [0.25, 0.3) is 0 Å². The standard InChI is InChI=1S/C13H18F3N3O/c1-9(2)19-12(17-3)18-8-10-6-4-5-7-11(10)20-13(14,15)16/h4-7,9H,8H2,1-3H3,(H2,17,18,19). The van der Waals surface area contributed by atoms with Gasteiger partial charge in [-0.25, -0.2) is 0 Å². The van der Waals surface area contributed by atoms with E-state index in [0.717, 1.165) is 0 Å². The quantitative estimate of drug-likeness (QED) is 0.661. The maximum absolute atomic E-state index is 12.3. The molecule has 0 saturated carbocycles. The molecule has 0 aliphatic rings. The van der Waals surface area contributed by atoms with E-state index in [-0.39, 0.29) is 18.3 Å². The van der Waals surface area contributed by atoms with Crippen LogP contribution in [0.2, 0.25) is 0 Å². The van der Waals surface area contributed by atoms with Crippen LogP contribution in [0, 0.1) is 0 Å². The van der Waals surface area contributed by atoms with Crippen LogP contribution in [-0.4, -0.2) is 25.4 Å². The van der Waals surface area contributed by atoms with E-state index in [1.165, 1.54) is 12.1 Å². The van der Waals surface area contributed by atoms with E-state index in [9.17, 15) is 13.2 Å². The molecule has 0 bridgehead atoms. The Bertz CT molecular complexity index is 458. The maximum atomic E-state index is 12.3. The third-order valence-corrected chi connectivity index (χ3v) is 2.29. The second-order valence-corrected chi connectivity index (χ2v) is 4.38. The zero-order chi connectivity index (χ0) is 15.2. The minimum atomic E-state index is -4.70. The molecule has 4 nitrogen and oxygen atoms in total. The second-order valence-electron chi connectivity index (χ2n) is 4.38. The predicted octanol–water partition coefficient (Wildman–Crippen LogP) is 2.66. The highest BCUT2D eigenvalue weighted by atomic mass is 19.4. The van der Waals surface area contributed by atoms with Crippen LogP contribution in [0.25, 0.3) is 0 Å². The van der Waals surface area contributed by atoms with E-state index in [4.69, 9.17) is 0 Å². The highest BCUT2D eigenvalue weighted by Gasteiger charge is 2.31. The molecule has 0 atom stereocenters. The van der Waals surface area contributed by atoms with Gasteiger partial charge >= 0.3 is 6.36 Å². The summed E-state index contributed by atoms with van der Waals surface area (Å²) in [6.45, 7) is 4.06. The Kier molecular flexibility index (Phi) is 5.66. The molecule has 0 amide bonds. The lowest BCUT2D eigenvalue weighted by Gasteiger charge is -2.16. The molecule has 0 aromatic heterocycles. The van der Waals surface area contributed by atoms with Crippen LogP contribution in [0.4, 0.5) is 13.2 Å². The minimum absolute atomic E-state index is 0.169. The van der Waals surface area contributed by atoms with Crippen molar-refractivity contribution in [2.45, 2.75) is 32.8 Å². The molecule has 0 heterocycles. The molecule has 0 spiro atoms. The number of hydrogen-bond donors (Lipinski definition) is 2. The lowest BCUT2D eigenvalue weighted by Crippen LogP contribution is -2.40. The van der Waals surface area contributed by atoms with E-state index in [0.29, 0.717) is 11.5 Å². The fourth-order valence-corrected chi connectivity index (χ4v) is 1.52. The summed E-state index contributed by atoms with van der Waals surface area (Å²) in [5.41, 5.74) is 0.400. The summed E-state index contributed by atoms with van der Waals surface area (Å²) in [6.07, 6.45) is -4.70. The van der Waals surface area contributed by atoms with Crippen LogP contribution in [-0.2, 0) is 6.54 Å². The van der Waals surface area contributed by atoms with Gasteiger partial charge in [-0.3, -0.25) is 4.99 Å². The molecule has 0 saturated heterocycles. The van der Waals surface area contributed by atoms with Crippen molar-refractivity contribution in [3.63, 3.8) is 0 Å². The van der Waals surface area contributed by atoms with Crippen molar-refractivity contribution in [1.82, 2.24) is 10.6 Å². The van der Waals surface area contributed by atoms with E-state index in [1.807, 2.05) is 13.8 Å². The van der Waals surface area contributed by atoms with Crippen LogP contribution in [0.5, 0.6) is 5.75 Å². The average Bonchev–Trinajstić information content (AvgIpc) is 2.33. The Morgan fingerprint density at radius 3 is 2.50 bits per heavy atom. The number of aliphatic imine (C=N–C) groups is 1. The molecular formula is C13H18F3N3O. The predicted molar refractivity (Wildman–Crippen MR) is 71.6 cm³/mol. The van der Waals surface area contributed by atoms with Gasteiger partial charge in [-0.2, -0.15) is 0 Å². The van der Waals surface area contributed by atoms with Gasteiger partial charge in [-0.15, -0.1) is 13.2 Å². The third-order valence-electron chi connectivity index (χ3n) is 2.29. The van der Waals surface area contributed by atoms with Gasteiger partial charge in [0.15, 0.2) is 5.96 Å². The SMILES string of the molecule is CN=C(NCc1ccccc1OC(F)(F)F)NC(C)C. The zero-order valence-electron chi connectivity index (χ0n) is 11.6. The summed E-state index contributed by atoms with van der Waals surface area (Å²) in [4.78, 5) is 3.98. The second kappa shape index (κ2) is 7.02. The highest BCUT2D eigenvalue weighted by Crippen LogP contribution is 2.25. The van der Waals surface area contributed by atoms with E-state index in [1.54, 1.807) is 19.2 Å². The molecule has 0 fully saturated rings. The van der Waals surface area contributed by atoms with E-state index in [2.05, 4.69) is 20.4 Å². The molecule has 1 aromatic rings. The summed E-state index contributed by atoms with van der Waals surface area (Å²) < 4.78 is 40.8. The number of hydrogen-bond acceptors (Lipinski definition) is 2. The van der Waals surface area contributed by atoms with Crippen molar-refractivity contribution >= 4 is 5.96 Å². The molecule has 0 radical (unpaired) electrons. The van der Waals surface area contributed by atoms with Crippen molar-refractivity contribution in [3.8, 4) is 5.75 Å². The van der Waals surface area contributed by atoms with Crippen LogP contribution >= 0.6 is 0 Å². The first-order valence-corrected chi connectivity index (χ1v) is 6.12. The Hall–Kier alpha value is -1.92. The van der Waals surface area contributed by atoms with E-state index < -0.39 is 6.36 Å². The number of nitrogens with one attached hydrogen (secondary N) is 2. The summed E-state index contributed by atoms with van der Waals surface area (Å²) in [5, 5.41) is 5.98. The molecule has 112 valence electrons. The van der Waals surface area contributed by atoms with Crippen LogP contribution in [0.15, 0.2) is 29.3 Å². The molecule has 1 aromatic carbocycles. The fraction of sp³-hybridized carbons (Fsp3) is 0.462. The normalized spacial score (nSPS) is 12.4. The topological polar surface area (TPSA) is 45.7 Å². The van der Waals surface area contributed by atoms with Crippen LogP contribution in [0.1, 0.15) is 19.4 Å². The molecule has 2 N–H and O–H groups in total. The van der Waals surface area contributed by atoms with E-state index >= 15 is 0 Å². The first kappa shape index (κ1) is 16.1. The number of benzene rings is 1. The van der Waals surface area contributed by atoms with Crippen molar-refractivity contribution in [1.29, 1.82) is 0 Å². The Labute approximate surface area is 116 Å². The first-order valence-electron chi connectivity index (χ1n) is 6.12. The summed E-state index contributed by atoms with van der Waals surface area (Å²) in [7, 11) is 1.59. The lowest BCUT2D eigenvalue weighted by molar-refractivity contribution is -0.274. The third kappa shape index (κ3) is 5.81. The van der Waals surface area contributed by atoms with Gasteiger partial charge in [-0.05, 0) is 19.9 Å². The monoisotopic (exact) mass is 289 g/mol. The molecule has 0 unspecified atom stereocenters. The average molecular weight is 289 g/mol. The molecule has 0 aliphatic carbocycles. The molecule has 20 heavy (non-hydrogen) atoms. The van der Waals surface area contributed by atoms with Crippen molar-refractivity contribution in [2.75, 3.05) is 7.05 Å². The molecule has 0 aliphatic heterocycles. The van der Waals surface area contributed by atoms with Gasteiger partial charge in [0, 0.05) is 25.2 Å². The zero-order valence-corrected chi connectivity index (χ0v) is 11.6. The number of rotatable bonds is 4. The Balaban J connectivity index is 2.73. The number of para-hydroxylation sites is 1. The number of halogens is 3. The lowest BCUT2D eigenvalue weighted by atomic mass is 10.2. The fourth-order valence-electron chi connectivity index (χ4n) is 1.52. The number of nitrogens with zero attached hydrogens (tertiary/aromatic N) is 1. The van der Waals surface area contributed by atoms with Crippen LogP contribution in [0.3, 0.4) is 0 Å². The van der Waals surface area contributed by atoms with Crippen molar-refractivity contribution < 1.29 is 17.9 Å². The summed E-state index contributed by atoms with van der Waals surface area (Å²) in [5.74, 6) is 0.300. The number of guanidine groups is 1. The first-order chi connectivity index (χ1) is 9.31. The van der Waals surface area contributed by atoms with Crippen molar-refractivity contribution in [2.24, 2.45) is 4.99 Å². The molecule has 7 heteroatoms. The number of ether oxygens (including phenoxy) is 1. The summed E-state index contributed by atoms with van der Waals surface area (Å²) in [6, 6.07) is 6.16. The highest BCUT2D eigenvalue weighted by molar-refractivity contribution is 5.79. The minimum Gasteiger partial charge on any atom is -0.405 e. The smallest absolute Gasteiger partial charge is 0.405 e. The van der Waals surface area contributed by atoms with Crippen LogP contribution < -0.4 is 15.4 Å².